The Kier molecular flexibility index (Phi) is 1.99. The van der Waals surface area contributed by atoms with Crippen molar-refractivity contribution in [2.24, 2.45) is 0 Å². The second kappa shape index (κ2) is 2.57. The summed E-state index contributed by atoms with van der Waals surface area (Å²) in [7, 11) is 0. The first-order chi connectivity index (χ1) is 3.79. The molecule has 0 aromatic heterocycles. The second-order valence-corrected chi connectivity index (χ2v) is 2.82. The van der Waals surface area contributed by atoms with Gasteiger partial charge in [-0.05, 0) is 6.42 Å². The van der Waals surface area contributed by atoms with Gasteiger partial charge in [-0.25, -0.2) is 4.21 Å². The average molecular weight is 135 g/mol. The fourth-order valence-electron chi connectivity index (χ4n) is 0.667. The molecule has 0 spiro atoms. The topological polar surface area (TPSA) is 40.5 Å². The van der Waals surface area contributed by atoms with Gasteiger partial charge in [0.05, 0.1) is 0 Å². The largest absolute Gasteiger partial charge is 0.305 e. The Balaban J connectivity index is 2.09. The van der Waals surface area contributed by atoms with Crippen LogP contribution in [0.25, 0.3) is 0 Å². The van der Waals surface area contributed by atoms with Gasteiger partial charge in [-0.1, -0.05) is 0 Å². The van der Waals surface area contributed by atoms with E-state index in [1.807, 2.05) is 4.90 Å². The summed E-state index contributed by atoms with van der Waals surface area (Å²) in [5, 5.41) is 0. The van der Waals surface area contributed by atoms with Crippen molar-refractivity contribution in [1.29, 1.82) is 0 Å². The minimum Gasteiger partial charge on any atom is -0.305 e. The van der Waals surface area contributed by atoms with Crippen molar-refractivity contribution in [2.75, 3.05) is 19.0 Å². The molecule has 0 aliphatic carbocycles. The molecule has 1 rings (SSSR count). The normalized spacial score (nSPS) is 24.6. The Bertz CT molecular complexity index is 102. The van der Waals surface area contributed by atoms with Gasteiger partial charge in [0.1, 0.15) is 5.88 Å². The molecule has 1 aliphatic heterocycles. The molecular weight excluding hydrogens is 126 g/mol. The van der Waals surface area contributed by atoms with E-state index in [0.29, 0.717) is 5.88 Å². The summed E-state index contributed by atoms with van der Waals surface area (Å²) in [4.78, 5) is 1.95. The SMILES string of the molecule is O=S(O)CN1CCC1. The molecule has 8 heavy (non-hydrogen) atoms. The number of hydrogen-bond acceptors (Lipinski definition) is 2. The molecule has 1 fully saturated rings. The van der Waals surface area contributed by atoms with Crippen LogP contribution in [0.4, 0.5) is 0 Å². The maximum atomic E-state index is 10.1. The van der Waals surface area contributed by atoms with Crippen LogP contribution in [0.15, 0.2) is 0 Å². The third kappa shape index (κ3) is 1.54. The van der Waals surface area contributed by atoms with Crippen molar-refractivity contribution >= 4 is 11.1 Å². The molecule has 0 radical (unpaired) electrons. The van der Waals surface area contributed by atoms with Gasteiger partial charge in [0.25, 0.3) is 0 Å². The Morgan fingerprint density at radius 3 is 2.38 bits per heavy atom. The fraction of sp³-hybridized carbons (Fsp3) is 1.00. The van der Waals surface area contributed by atoms with E-state index in [4.69, 9.17) is 4.55 Å². The van der Waals surface area contributed by atoms with Gasteiger partial charge in [0, 0.05) is 13.1 Å². The summed E-state index contributed by atoms with van der Waals surface area (Å²) in [6.07, 6.45) is 1.18. The van der Waals surface area contributed by atoms with E-state index in [9.17, 15) is 4.21 Å². The molecule has 48 valence electrons. The number of rotatable bonds is 2. The fourth-order valence-corrected chi connectivity index (χ4v) is 1.24. The lowest BCUT2D eigenvalue weighted by Crippen LogP contribution is -2.39. The summed E-state index contributed by atoms with van der Waals surface area (Å²) < 4.78 is 18.4. The zero-order valence-electron chi connectivity index (χ0n) is 4.54. The summed E-state index contributed by atoms with van der Waals surface area (Å²) in [5.74, 6) is 0.333. The standard InChI is InChI=1S/C4H9NO2S/c6-8(7)4-5-2-1-3-5/h1-4H2,(H,6,7). The Morgan fingerprint density at radius 1 is 1.62 bits per heavy atom. The second-order valence-electron chi connectivity index (χ2n) is 1.92. The van der Waals surface area contributed by atoms with E-state index in [1.54, 1.807) is 0 Å². The molecule has 1 aliphatic rings. The highest BCUT2D eigenvalue weighted by molar-refractivity contribution is 7.79. The molecule has 1 atom stereocenters. The summed E-state index contributed by atoms with van der Waals surface area (Å²) in [6, 6.07) is 0. The van der Waals surface area contributed by atoms with Gasteiger partial charge in [-0.15, -0.1) is 0 Å². The lowest BCUT2D eigenvalue weighted by Gasteiger charge is -2.28. The van der Waals surface area contributed by atoms with E-state index in [0.717, 1.165) is 13.1 Å². The van der Waals surface area contributed by atoms with Crippen molar-refractivity contribution in [2.45, 2.75) is 6.42 Å². The van der Waals surface area contributed by atoms with Gasteiger partial charge in [-0.2, -0.15) is 0 Å². The Hall–Kier alpha value is 0.0700. The van der Waals surface area contributed by atoms with Crippen molar-refractivity contribution in [3.8, 4) is 0 Å². The molecule has 1 unspecified atom stereocenters. The van der Waals surface area contributed by atoms with Crippen LogP contribution in [0, 0.1) is 0 Å². The van der Waals surface area contributed by atoms with E-state index < -0.39 is 11.1 Å². The highest BCUT2D eigenvalue weighted by Crippen LogP contribution is 2.04. The molecule has 0 amide bonds. The molecule has 0 aromatic carbocycles. The van der Waals surface area contributed by atoms with Crippen LogP contribution in [-0.2, 0) is 11.1 Å². The number of hydrogen-bond donors (Lipinski definition) is 1. The van der Waals surface area contributed by atoms with Crippen LogP contribution in [0.1, 0.15) is 6.42 Å². The highest BCUT2D eigenvalue weighted by atomic mass is 32.2. The van der Waals surface area contributed by atoms with Crippen LogP contribution >= 0.6 is 0 Å². The average Bonchev–Trinajstić information content (AvgIpc) is 1.55. The minimum atomic E-state index is -1.62. The van der Waals surface area contributed by atoms with Gasteiger partial charge >= 0.3 is 0 Å². The third-order valence-electron chi connectivity index (χ3n) is 1.24. The van der Waals surface area contributed by atoms with Crippen LogP contribution in [0.5, 0.6) is 0 Å². The summed E-state index contributed by atoms with van der Waals surface area (Å²) >= 11 is -1.62. The van der Waals surface area contributed by atoms with Crippen LogP contribution < -0.4 is 0 Å². The first-order valence-electron chi connectivity index (χ1n) is 2.59. The predicted octanol–water partition coefficient (Wildman–Crippen LogP) is -0.129. The summed E-state index contributed by atoms with van der Waals surface area (Å²) in [5.41, 5.74) is 0. The van der Waals surface area contributed by atoms with Gasteiger partial charge < -0.3 is 4.55 Å². The monoisotopic (exact) mass is 135 g/mol. The summed E-state index contributed by atoms with van der Waals surface area (Å²) in [6.45, 7) is 1.98. The molecule has 0 bridgehead atoms. The van der Waals surface area contributed by atoms with Crippen molar-refractivity contribution in [1.82, 2.24) is 4.90 Å². The van der Waals surface area contributed by atoms with Crippen molar-refractivity contribution < 1.29 is 8.76 Å². The van der Waals surface area contributed by atoms with E-state index in [-0.39, 0.29) is 0 Å². The molecule has 1 saturated heterocycles. The molecular formula is C4H9NO2S. The van der Waals surface area contributed by atoms with Crippen LogP contribution in [0.2, 0.25) is 0 Å². The maximum absolute atomic E-state index is 10.1. The third-order valence-corrected chi connectivity index (χ3v) is 1.83. The molecule has 4 heteroatoms. The molecule has 0 aromatic rings. The first kappa shape index (κ1) is 6.19. The smallest absolute Gasteiger partial charge is 0.167 e. The van der Waals surface area contributed by atoms with Gasteiger partial charge in [-0.3, -0.25) is 4.90 Å². The first-order valence-corrected chi connectivity index (χ1v) is 3.86. The lowest BCUT2D eigenvalue weighted by atomic mass is 10.2. The minimum absolute atomic E-state index is 0.333. The van der Waals surface area contributed by atoms with Gasteiger partial charge in [0.15, 0.2) is 11.1 Å². The van der Waals surface area contributed by atoms with Gasteiger partial charge in [0.2, 0.25) is 0 Å². The molecule has 0 saturated carbocycles. The lowest BCUT2D eigenvalue weighted by molar-refractivity contribution is 0.212. The van der Waals surface area contributed by atoms with E-state index in [1.165, 1.54) is 6.42 Å². The van der Waals surface area contributed by atoms with Crippen molar-refractivity contribution in [3.05, 3.63) is 0 Å². The number of nitrogens with zero attached hydrogens (tertiary/aromatic N) is 1. The van der Waals surface area contributed by atoms with E-state index in [2.05, 4.69) is 0 Å². The maximum Gasteiger partial charge on any atom is 0.167 e. The predicted molar refractivity (Wildman–Crippen MR) is 31.8 cm³/mol. The van der Waals surface area contributed by atoms with Crippen LogP contribution in [0.3, 0.4) is 0 Å². The van der Waals surface area contributed by atoms with E-state index >= 15 is 0 Å². The molecule has 1 heterocycles. The molecule has 3 nitrogen and oxygen atoms in total. The zero-order valence-corrected chi connectivity index (χ0v) is 5.36. The highest BCUT2D eigenvalue weighted by Gasteiger charge is 2.14. The molecule has 1 N–H and O–H groups in total. The van der Waals surface area contributed by atoms with Crippen LogP contribution in [-0.4, -0.2) is 32.6 Å². The zero-order chi connectivity index (χ0) is 5.98. The Morgan fingerprint density at radius 2 is 2.25 bits per heavy atom. The number of likely N-dealkylation sites (tertiary alicyclic amines) is 1. The van der Waals surface area contributed by atoms with Crippen molar-refractivity contribution in [3.63, 3.8) is 0 Å². The Labute approximate surface area is 51.0 Å². The quantitative estimate of drug-likeness (QED) is 0.536.